The number of amides is 3. The Bertz CT molecular complexity index is 669. The van der Waals surface area contributed by atoms with E-state index in [0.717, 1.165) is 15.8 Å². The summed E-state index contributed by atoms with van der Waals surface area (Å²) in [6.07, 6.45) is 1.66. The summed E-state index contributed by atoms with van der Waals surface area (Å²) in [5, 5.41) is 0. The normalized spacial score (nSPS) is 18.1. The number of benzene rings is 1. The minimum atomic E-state index is -0.133. The van der Waals surface area contributed by atoms with Gasteiger partial charge in [-0.25, -0.2) is 0 Å². The van der Waals surface area contributed by atoms with Crippen molar-refractivity contribution in [2.75, 3.05) is 20.2 Å². The summed E-state index contributed by atoms with van der Waals surface area (Å²) in [7, 11) is 1.61. The maximum Gasteiger partial charge on any atom is 0.230 e. The van der Waals surface area contributed by atoms with Crippen LogP contribution in [-0.4, -0.2) is 53.8 Å². The van der Waals surface area contributed by atoms with Gasteiger partial charge in [-0.3, -0.25) is 19.3 Å². The smallest absolute Gasteiger partial charge is 0.230 e. The molecule has 0 spiro atoms. The van der Waals surface area contributed by atoms with Crippen LogP contribution < -0.4 is 4.74 Å². The molecule has 6 nitrogen and oxygen atoms in total. The molecule has 0 atom stereocenters. The van der Waals surface area contributed by atoms with Crippen molar-refractivity contribution in [3.8, 4) is 5.75 Å². The lowest BCUT2D eigenvalue weighted by Crippen LogP contribution is -2.62. The summed E-state index contributed by atoms with van der Waals surface area (Å²) < 4.78 is 6.05. The zero-order chi connectivity index (χ0) is 17.3. The highest BCUT2D eigenvalue weighted by atomic mass is 79.9. The quantitative estimate of drug-likeness (QED) is 0.713. The van der Waals surface area contributed by atoms with Crippen molar-refractivity contribution in [1.29, 1.82) is 0 Å². The number of rotatable bonds is 5. The first kappa shape index (κ1) is 17.0. The molecule has 1 aromatic rings. The number of halogens is 1. The molecular formula is C17H19BrN2O4. The lowest BCUT2D eigenvalue weighted by molar-refractivity contribution is -0.151. The number of imide groups is 1. The van der Waals surface area contributed by atoms with Crippen LogP contribution in [0.5, 0.6) is 5.75 Å². The van der Waals surface area contributed by atoms with E-state index in [-0.39, 0.29) is 23.8 Å². The number of hydrogen-bond acceptors (Lipinski definition) is 4. The Labute approximate surface area is 148 Å². The third kappa shape index (κ3) is 3.31. The number of ether oxygens (including phenoxy) is 1. The maximum atomic E-state index is 12.2. The number of methoxy groups -OCH3 is 1. The predicted molar refractivity (Wildman–Crippen MR) is 90.5 cm³/mol. The standard InChI is InChI=1S/C17H19BrN2O4/c1-24-14-4-2-11(8-13(14)18)3-5-15(21)19-9-12(10-19)20-16(22)6-7-17(20)23/h2,4,8,12H,3,5-7,9-10H2,1H3. The Kier molecular flexibility index (Phi) is 4.89. The van der Waals surface area contributed by atoms with Crippen molar-refractivity contribution in [3.63, 3.8) is 0 Å². The number of carbonyl (C=O) groups excluding carboxylic acids is 3. The van der Waals surface area contributed by atoms with E-state index in [1.54, 1.807) is 12.0 Å². The Morgan fingerprint density at radius 2 is 1.92 bits per heavy atom. The van der Waals surface area contributed by atoms with Gasteiger partial charge in [-0.05, 0) is 40.0 Å². The Morgan fingerprint density at radius 3 is 2.50 bits per heavy atom. The average molecular weight is 395 g/mol. The lowest BCUT2D eigenvalue weighted by atomic mass is 10.0. The predicted octanol–water partition coefficient (Wildman–Crippen LogP) is 1.75. The Hall–Kier alpha value is -1.89. The molecule has 0 aliphatic carbocycles. The molecule has 0 bridgehead atoms. The van der Waals surface area contributed by atoms with Crippen LogP contribution in [0.15, 0.2) is 22.7 Å². The number of likely N-dealkylation sites (tertiary alicyclic amines) is 2. The second-order valence-electron chi connectivity index (χ2n) is 6.08. The topological polar surface area (TPSA) is 66.9 Å². The first-order chi connectivity index (χ1) is 11.5. The highest BCUT2D eigenvalue weighted by Gasteiger charge is 2.42. The van der Waals surface area contributed by atoms with Crippen LogP contribution >= 0.6 is 15.9 Å². The highest BCUT2D eigenvalue weighted by molar-refractivity contribution is 9.10. The molecule has 2 aliphatic rings. The van der Waals surface area contributed by atoms with E-state index >= 15 is 0 Å². The van der Waals surface area contributed by atoms with Crippen LogP contribution in [-0.2, 0) is 20.8 Å². The summed E-state index contributed by atoms with van der Waals surface area (Å²) in [5.74, 6) is 0.591. The molecule has 2 heterocycles. The second-order valence-corrected chi connectivity index (χ2v) is 6.93. The molecule has 2 fully saturated rings. The third-order valence-corrected chi connectivity index (χ3v) is 5.13. The Morgan fingerprint density at radius 1 is 1.25 bits per heavy atom. The molecule has 2 aliphatic heterocycles. The van der Waals surface area contributed by atoms with Crippen LogP contribution in [0.1, 0.15) is 24.8 Å². The van der Waals surface area contributed by atoms with E-state index < -0.39 is 0 Å². The van der Waals surface area contributed by atoms with Gasteiger partial charge in [-0.2, -0.15) is 0 Å². The summed E-state index contributed by atoms with van der Waals surface area (Å²) in [5.41, 5.74) is 1.05. The van der Waals surface area contributed by atoms with Gasteiger partial charge in [-0.1, -0.05) is 6.07 Å². The summed E-state index contributed by atoms with van der Waals surface area (Å²) in [6, 6.07) is 5.63. The van der Waals surface area contributed by atoms with E-state index in [9.17, 15) is 14.4 Å². The van der Waals surface area contributed by atoms with E-state index in [4.69, 9.17) is 4.74 Å². The zero-order valence-electron chi connectivity index (χ0n) is 13.5. The molecule has 7 heteroatoms. The first-order valence-corrected chi connectivity index (χ1v) is 8.74. The van der Waals surface area contributed by atoms with Crippen LogP contribution in [0.25, 0.3) is 0 Å². The van der Waals surface area contributed by atoms with Crippen molar-refractivity contribution in [1.82, 2.24) is 9.80 Å². The molecular weight excluding hydrogens is 376 g/mol. The molecule has 0 saturated carbocycles. The van der Waals surface area contributed by atoms with Crippen molar-refractivity contribution in [2.24, 2.45) is 0 Å². The van der Waals surface area contributed by atoms with Crippen molar-refractivity contribution >= 4 is 33.7 Å². The van der Waals surface area contributed by atoms with Crippen LogP contribution in [0, 0.1) is 0 Å². The monoisotopic (exact) mass is 394 g/mol. The van der Waals surface area contributed by atoms with Gasteiger partial charge >= 0.3 is 0 Å². The summed E-state index contributed by atoms with van der Waals surface area (Å²) in [6.45, 7) is 0.922. The van der Waals surface area contributed by atoms with Gasteiger partial charge in [0.05, 0.1) is 17.6 Å². The van der Waals surface area contributed by atoms with E-state index in [1.165, 1.54) is 4.90 Å². The fourth-order valence-corrected chi connectivity index (χ4v) is 3.69. The SMILES string of the molecule is COc1ccc(CCC(=O)N2CC(N3C(=O)CCC3=O)C2)cc1Br. The molecule has 0 radical (unpaired) electrons. The van der Waals surface area contributed by atoms with Gasteiger partial charge in [0.2, 0.25) is 17.7 Å². The van der Waals surface area contributed by atoms with Crippen molar-refractivity contribution in [2.45, 2.75) is 31.7 Å². The van der Waals surface area contributed by atoms with Crippen LogP contribution in [0.2, 0.25) is 0 Å². The number of nitrogens with zero attached hydrogens (tertiary/aromatic N) is 2. The molecule has 0 aromatic heterocycles. The number of aryl methyl sites for hydroxylation is 1. The molecule has 128 valence electrons. The van der Waals surface area contributed by atoms with E-state index in [1.807, 2.05) is 18.2 Å². The molecule has 0 N–H and O–H groups in total. The second kappa shape index (κ2) is 6.93. The minimum Gasteiger partial charge on any atom is -0.496 e. The van der Waals surface area contributed by atoms with Gasteiger partial charge in [0.25, 0.3) is 0 Å². The highest BCUT2D eigenvalue weighted by Crippen LogP contribution is 2.27. The van der Waals surface area contributed by atoms with Crippen molar-refractivity contribution < 1.29 is 19.1 Å². The lowest BCUT2D eigenvalue weighted by Gasteiger charge is -2.43. The minimum absolute atomic E-state index is 0.0530. The first-order valence-electron chi connectivity index (χ1n) is 7.94. The Balaban J connectivity index is 1.48. The van der Waals surface area contributed by atoms with Gasteiger partial charge in [0, 0.05) is 32.4 Å². The van der Waals surface area contributed by atoms with E-state index in [0.29, 0.717) is 38.8 Å². The molecule has 3 amide bonds. The van der Waals surface area contributed by atoms with Crippen molar-refractivity contribution in [3.05, 3.63) is 28.2 Å². The number of hydrogen-bond donors (Lipinski definition) is 0. The molecule has 0 unspecified atom stereocenters. The van der Waals surface area contributed by atoms with Crippen LogP contribution in [0.3, 0.4) is 0 Å². The van der Waals surface area contributed by atoms with Gasteiger partial charge in [0.15, 0.2) is 0 Å². The van der Waals surface area contributed by atoms with Gasteiger partial charge in [-0.15, -0.1) is 0 Å². The zero-order valence-corrected chi connectivity index (χ0v) is 15.0. The fourth-order valence-electron chi connectivity index (χ4n) is 3.10. The summed E-state index contributed by atoms with van der Waals surface area (Å²) in [4.78, 5) is 38.6. The molecule has 24 heavy (non-hydrogen) atoms. The molecule has 3 rings (SSSR count). The van der Waals surface area contributed by atoms with E-state index in [2.05, 4.69) is 15.9 Å². The third-order valence-electron chi connectivity index (χ3n) is 4.51. The fraction of sp³-hybridized carbons (Fsp3) is 0.471. The number of carbonyl (C=O) groups is 3. The van der Waals surface area contributed by atoms with Gasteiger partial charge < -0.3 is 9.64 Å². The van der Waals surface area contributed by atoms with Crippen LogP contribution in [0.4, 0.5) is 0 Å². The molecule has 2 saturated heterocycles. The molecule has 1 aromatic carbocycles. The van der Waals surface area contributed by atoms with Gasteiger partial charge in [0.1, 0.15) is 5.75 Å². The largest absolute Gasteiger partial charge is 0.496 e. The average Bonchev–Trinajstić information content (AvgIpc) is 2.84. The maximum absolute atomic E-state index is 12.2. The summed E-state index contributed by atoms with van der Waals surface area (Å²) >= 11 is 3.44.